The van der Waals surface area contributed by atoms with Crippen molar-refractivity contribution in [2.45, 2.75) is 6.61 Å². The molecule has 3 aromatic rings. The number of fused-ring (bicyclic) bond motifs is 1. The fourth-order valence-corrected chi connectivity index (χ4v) is 2.08. The van der Waals surface area contributed by atoms with Crippen LogP contribution in [0.4, 0.5) is 5.69 Å². The zero-order valence-corrected chi connectivity index (χ0v) is 11.6. The summed E-state index contributed by atoms with van der Waals surface area (Å²) in [7, 11) is 1.64. The van der Waals surface area contributed by atoms with E-state index in [0.717, 1.165) is 22.2 Å². The largest absolute Gasteiger partial charge is 0.497 e. The molecule has 0 unspecified atom stereocenters. The number of rotatable bonds is 4. The van der Waals surface area contributed by atoms with Crippen molar-refractivity contribution in [1.82, 2.24) is 9.97 Å². The molecule has 21 heavy (non-hydrogen) atoms. The zero-order valence-electron chi connectivity index (χ0n) is 11.6. The minimum absolute atomic E-state index is 0.410. The molecule has 0 fully saturated rings. The van der Waals surface area contributed by atoms with Gasteiger partial charge in [0.05, 0.1) is 18.0 Å². The monoisotopic (exact) mass is 281 g/mol. The lowest BCUT2D eigenvalue weighted by Gasteiger charge is -2.09. The maximum Gasteiger partial charge on any atom is 0.224 e. The van der Waals surface area contributed by atoms with E-state index >= 15 is 0 Å². The SMILES string of the molecule is COc1cccc(COc2ncnc3cc(N)ccc23)c1. The quantitative estimate of drug-likeness (QED) is 0.745. The van der Waals surface area contributed by atoms with Crippen molar-refractivity contribution >= 4 is 16.6 Å². The predicted molar refractivity (Wildman–Crippen MR) is 81.3 cm³/mol. The van der Waals surface area contributed by atoms with Crippen LogP contribution in [-0.2, 0) is 6.61 Å². The van der Waals surface area contributed by atoms with Crippen LogP contribution in [0.2, 0.25) is 0 Å². The van der Waals surface area contributed by atoms with Gasteiger partial charge < -0.3 is 15.2 Å². The Balaban J connectivity index is 1.84. The van der Waals surface area contributed by atoms with Crippen molar-refractivity contribution in [2.75, 3.05) is 12.8 Å². The number of hydrogen-bond acceptors (Lipinski definition) is 5. The van der Waals surface area contributed by atoms with E-state index in [4.69, 9.17) is 15.2 Å². The summed E-state index contributed by atoms with van der Waals surface area (Å²) in [6.07, 6.45) is 1.47. The molecule has 0 radical (unpaired) electrons. The number of benzene rings is 2. The summed E-state index contributed by atoms with van der Waals surface area (Å²) in [5.41, 5.74) is 8.20. The van der Waals surface area contributed by atoms with Crippen molar-refractivity contribution in [1.29, 1.82) is 0 Å². The maximum atomic E-state index is 5.80. The molecule has 1 aromatic heterocycles. The summed E-state index contributed by atoms with van der Waals surface area (Å²) in [6.45, 7) is 0.410. The average Bonchev–Trinajstić information content (AvgIpc) is 2.52. The normalized spacial score (nSPS) is 10.5. The van der Waals surface area contributed by atoms with Gasteiger partial charge in [0.2, 0.25) is 5.88 Å². The van der Waals surface area contributed by atoms with Crippen LogP contribution in [0.15, 0.2) is 48.8 Å². The van der Waals surface area contributed by atoms with Gasteiger partial charge in [-0.05, 0) is 35.9 Å². The number of aromatic nitrogens is 2. The number of anilines is 1. The van der Waals surface area contributed by atoms with Gasteiger partial charge in [-0.1, -0.05) is 12.1 Å². The van der Waals surface area contributed by atoms with E-state index in [0.29, 0.717) is 18.2 Å². The molecule has 0 bridgehead atoms. The summed E-state index contributed by atoms with van der Waals surface area (Å²) in [5, 5.41) is 0.842. The minimum Gasteiger partial charge on any atom is -0.497 e. The Morgan fingerprint density at radius 3 is 2.86 bits per heavy atom. The first kappa shape index (κ1) is 13.2. The third kappa shape index (κ3) is 2.86. The van der Waals surface area contributed by atoms with Crippen LogP contribution >= 0.6 is 0 Å². The Hall–Kier alpha value is -2.82. The van der Waals surface area contributed by atoms with Gasteiger partial charge in [0.1, 0.15) is 18.7 Å². The van der Waals surface area contributed by atoms with Crippen molar-refractivity contribution in [2.24, 2.45) is 0 Å². The van der Waals surface area contributed by atoms with Gasteiger partial charge in [-0.2, -0.15) is 0 Å². The second kappa shape index (κ2) is 5.66. The highest BCUT2D eigenvalue weighted by atomic mass is 16.5. The van der Waals surface area contributed by atoms with Gasteiger partial charge in [0.15, 0.2) is 0 Å². The first-order valence-electron chi connectivity index (χ1n) is 6.52. The summed E-state index contributed by atoms with van der Waals surface area (Å²) < 4.78 is 11.0. The van der Waals surface area contributed by atoms with Crippen molar-refractivity contribution in [3.8, 4) is 11.6 Å². The van der Waals surface area contributed by atoms with E-state index in [1.54, 1.807) is 13.2 Å². The van der Waals surface area contributed by atoms with Crippen LogP contribution in [0, 0.1) is 0 Å². The molecule has 0 saturated heterocycles. The molecule has 0 saturated carbocycles. The van der Waals surface area contributed by atoms with Crippen molar-refractivity contribution in [3.63, 3.8) is 0 Å². The highest BCUT2D eigenvalue weighted by Crippen LogP contribution is 2.24. The van der Waals surface area contributed by atoms with Gasteiger partial charge in [-0.15, -0.1) is 0 Å². The van der Waals surface area contributed by atoms with Crippen molar-refractivity contribution in [3.05, 3.63) is 54.4 Å². The van der Waals surface area contributed by atoms with Crippen LogP contribution in [0.1, 0.15) is 5.56 Å². The number of nitrogens with two attached hydrogens (primary N) is 1. The lowest BCUT2D eigenvalue weighted by molar-refractivity contribution is 0.296. The molecule has 1 heterocycles. The second-order valence-electron chi connectivity index (χ2n) is 4.60. The molecule has 0 atom stereocenters. The van der Waals surface area contributed by atoms with E-state index in [9.17, 15) is 0 Å². The Morgan fingerprint density at radius 1 is 1.10 bits per heavy atom. The van der Waals surface area contributed by atoms with Crippen LogP contribution in [0.3, 0.4) is 0 Å². The standard InChI is InChI=1S/C16H15N3O2/c1-20-13-4-2-3-11(7-13)9-21-16-14-6-5-12(17)8-15(14)18-10-19-16/h2-8,10H,9,17H2,1H3. The lowest BCUT2D eigenvalue weighted by Crippen LogP contribution is -1.99. The van der Waals surface area contributed by atoms with Gasteiger partial charge in [0, 0.05) is 5.69 Å². The fraction of sp³-hybridized carbons (Fsp3) is 0.125. The fourth-order valence-electron chi connectivity index (χ4n) is 2.08. The van der Waals surface area contributed by atoms with Gasteiger partial charge in [-0.25, -0.2) is 9.97 Å². The molecule has 2 N–H and O–H groups in total. The molecule has 3 rings (SSSR count). The maximum absolute atomic E-state index is 5.80. The number of ether oxygens (including phenoxy) is 2. The molecule has 5 nitrogen and oxygen atoms in total. The molecule has 0 spiro atoms. The number of hydrogen-bond donors (Lipinski definition) is 1. The van der Waals surface area contributed by atoms with E-state index < -0.39 is 0 Å². The molecule has 5 heteroatoms. The first-order valence-corrected chi connectivity index (χ1v) is 6.52. The molecule has 0 amide bonds. The number of methoxy groups -OCH3 is 1. The Bertz CT molecular complexity index is 774. The van der Waals surface area contributed by atoms with Crippen LogP contribution in [0.5, 0.6) is 11.6 Å². The Kier molecular flexibility index (Phi) is 3.55. The van der Waals surface area contributed by atoms with E-state index in [1.807, 2.05) is 36.4 Å². The number of nitrogen functional groups attached to an aromatic ring is 1. The van der Waals surface area contributed by atoms with Gasteiger partial charge in [-0.3, -0.25) is 0 Å². The zero-order chi connectivity index (χ0) is 14.7. The second-order valence-corrected chi connectivity index (χ2v) is 4.60. The summed E-state index contributed by atoms with van der Waals surface area (Å²) in [4.78, 5) is 8.38. The molecule has 106 valence electrons. The molecular formula is C16H15N3O2. The first-order chi connectivity index (χ1) is 10.3. The van der Waals surface area contributed by atoms with Crippen LogP contribution in [-0.4, -0.2) is 17.1 Å². The molecule has 0 aliphatic rings. The van der Waals surface area contributed by atoms with Crippen LogP contribution < -0.4 is 15.2 Å². The summed E-state index contributed by atoms with van der Waals surface area (Å²) in [5.74, 6) is 1.35. The smallest absolute Gasteiger partial charge is 0.224 e. The van der Waals surface area contributed by atoms with Crippen molar-refractivity contribution < 1.29 is 9.47 Å². The van der Waals surface area contributed by atoms with E-state index in [2.05, 4.69) is 9.97 Å². The van der Waals surface area contributed by atoms with Gasteiger partial charge in [0.25, 0.3) is 0 Å². The van der Waals surface area contributed by atoms with E-state index in [-0.39, 0.29) is 0 Å². The predicted octanol–water partition coefficient (Wildman–Crippen LogP) is 2.80. The lowest BCUT2D eigenvalue weighted by atomic mass is 10.2. The third-order valence-electron chi connectivity index (χ3n) is 3.13. The number of nitrogens with zero attached hydrogens (tertiary/aromatic N) is 2. The highest BCUT2D eigenvalue weighted by Gasteiger charge is 2.06. The van der Waals surface area contributed by atoms with Crippen LogP contribution in [0.25, 0.3) is 10.9 Å². The highest BCUT2D eigenvalue weighted by molar-refractivity contribution is 5.85. The molecular weight excluding hydrogens is 266 g/mol. The Morgan fingerprint density at radius 2 is 2.00 bits per heavy atom. The molecule has 2 aromatic carbocycles. The topological polar surface area (TPSA) is 70.3 Å². The average molecular weight is 281 g/mol. The third-order valence-corrected chi connectivity index (χ3v) is 3.13. The minimum atomic E-state index is 0.410. The van der Waals surface area contributed by atoms with Gasteiger partial charge >= 0.3 is 0 Å². The summed E-state index contributed by atoms with van der Waals surface area (Å²) >= 11 is 0. The molecule has 0 aliphatic carbocycles. The van der Waals surface area contributed by atoms with E-state index in [1.165, 1.54) is 6.33 Å². The Labute approximate surface area is 122 Å². The molecule has 0 aliphatic heterocycles. The summed E-state index contributed by atoms with van der Waals surface area (Å²) in [6, 6.07) is 13.2.